The Morgan fingerprint density at radius 2 is 1.91 bits per heavy atom. The Labute approximate surface area is 194 Å². The van der Waals surface area contributed by atoms with Gasteiger partial charge < -0.3 is 9.80 Å². The van der Waals surface area contributed by atoms with Gasteiger partial charge in [0.25, 0.3) is 11.8 Å². The Kier molecular flexibility index (Phi) is 6.22. The van der Waals surface area contributed by atoms with Crippen LogP contribution in [0.15, 0.2) is 58.5 Å². The van der Waals surface area contributed by atoms with Crippen LogP contribution in [0.2, 0.25) is 0 Å². The molecule has 1 aromatic heterocycles. The molecule has 0 spiro atoms. The lowest BCUT2D eigenvalue weighted by Gasteiger charge is -2.33. The number of hydrogen-bond donors (Lipinski definition) is 0. The molecule has 0 bridgehead atoms. The van der Waals surface area contributed by atoms with Crippen molar-refractivity contribution in [2.75, 3.05) is 45.7 Å². The van der Waals surface area contributed by atoms with Crippen LogP contribution >= 0.6 is 0 Å². The van der Waals surface area contributed by atoms with Crippen molar-refractivity contribution in [1.29, 1.82) is 0 Å². The molecule has 0 fully saturated rings. The number of nitrogens with zero attached hydrogens (tertiary/aromatic N) is 6. The second kappa shape index (κ2) is 8.98. The van der Waals surface area contributed by atoms with Gasteiger partial charge in [-0.1, -0.05) is 18.2 Å². The predicted molar refractivity (Wildman–Crippen MR) is 119 cm³/mol. The molecular weight excluding hydrogens is 449 g/mol. The Morgan fingerprint density at radius 3 is 2.62 bits per heavy atom. The Morgan fingerprint density at radius 1 is 1.15 bits per heavy atom. The third-order valence-corrected chi connectivity index (χ3v) is 5.67. The highest BCUT2D eigenvalue weighted by atomic mass is 19.4. The predicted octanol–water partition coefficient (Wildman–Crippen LogP) is 3.68. The minimum Gasteiger partial charge on any atom is -0.339 e. The first kappa shape index (κ1) is 23.6. The van der Waals surface area contributed by atoms with E-state index in [2.05, 4.69) is 15.2 Å². The highest BCUT2D eigenvalue weighted by Gasteiger charge is 2.43. The van der Waals surface area contributed by atoms with E-state index in [1.54, 1.807) is 36.2 Å². The van der Waals surface area contributed by atoms with E-state index < -0.39 is 24.7 Å². The van der Waals surface area contributed by atoms with Crippen LogP contribution in [-0.4, -0.2) is 73.6 Å². The van der Waals surface area contributed by atoms with Gasteiger partial charge in [-0.25, -0.2) is 0 Å². The van der Waals surface area contributed by atoms with Crippen molar-refractivity contribution in [2.45, 2.75) is 12.2 Å². The van der Waals surface area contributed by atoms with Gasteiger partial charge in [-0.05, 0) is 31.8 Å². The van der Waals surface area contributed by atoms with Gasteiger partial charge in [-0.3, -0.25) is 19.5 Å². The number of anilines is 1. The van der Waals surface area contributed by atoms with Gasteiger partial charge in [0, 0.05) is 37.5 Å². The number of benzene rings is 1. The quantitative estimate of drug-likeness (QED) is 0.642. The van der Waals surface area contributed by atoms with Crippen molar-refractivity contribution in [3.8, 4) is 11.1 Å². The van der Waals surface area contributed by atoms with Crippen LogP contribution in [0.3, 0.4) is 0 Å². The van der Waals surface area contributed by atoms with Crippen LogP contribution in [0.5, 0.6) is 0 Å². The number of azo groups is 1. The largest absolute Gasteiger partial charge is 0.406 e. The second-order valence-electron chi connectivity index (χ2n) is 8.43. The zero-order chi connectivity index (χ0) is 24.6. The zero-order valence-corrected chi connectivity index (χ0v) is 18.9. The van der Waals surface area contributed by atoms with E-state index in [9.17, 15) is 22.8 Å². The van der Waals surface area contributed by atoms with E-state index >= 15 is 0 Å². The standard InChI is InChI=1S/C23H23F3N6O2/c1-30(2)9-10-31(3)22(34)20-15(5-4-8-27-20)14-6-7-16-18(11-14)32(13-23(24,25)26)21(33)17-12-28-29-19(16)17/h4-8,11-12,19H,9-10,13H2,1-3H3. The van der Waals surface area contributed by atoms with Crippen LogP contribution in [0.25, 0.3) is 11.1 Å². The average Bonchev–Trinajstić information content (AvgIpc) is 3.29. The molecule has 178 valence electrons. The Balaban J connectivity index is 1.76. The van der Waals surface area contributed by atoms with Gasteiger partial charge in [0.1, 0.15) is 18.3 Å². The summed E-state index contributed by atoms with van der Waals surface area (Å²) in [5.74, 6) is -1.10. The van der Waals surface area contributed by atoms with E-state index in [1.807, 2.05) is 19.0 Å². The Bertz CT molecular complexity index is 1190. The fourth-order valence-corrected chi connectivity index (χ4v) is 3.92. The molecule has 1 aromatic carbocycles. The topological polar surface area (TPSA) is 81.5 Å². The number of carbonyl (C=O) groups excluding carboxylic acids is 2. The third-order valence-electron chi connectivity index (χ3n) is 5.67. The minimum atomic E-state index is -4.60. The number of carbonyl (C=O) groups is 2. The van der Waals surface area contributed by atoms with Crippen molar-refractivity contribution in [3.05, 3.63) is 59.6 Å². The molecule has 8 nitrogen and oxygen atoms in total. The smallest absolute Gasteiger partial charge is 0.339 e. The van der Waals surface area contributed by atoms with Crippen molar-refractivity contribution in [1.82, 2.24) is 14.8 Å². The van der Waals surface area contributed by atoms with Crippen molar-refractivity contribution in [2.24, 2.45) is 10.2 Å². The van der Waals surface area contributed by atoms with E-state index in [1.165, 1.54) is 18.5 Å². The number of rotatable bonds is 6. The summed E-state index contributed by atoms with van der Waals surface area (Å²) in [7, 11) is 5.46. The van der Waals surface area contributed by atoms with Gasteiger partial charge >= 0.3 is 6.18 Å². The molecule has 0 radical (unpaired) electrons. The van der Waals surface area contributed by atoms with Crippen molar-refractivity contribution < 1.29 is 22.8 Å². The summed E-state index contributed by atoms with van der Waals surface area (Å²) in [6.07, 6.45) is -1.91. The van der Waals surface area contributed by atoms with E-state index in [4.69, 9.17) is 0 Å². The molecule has 1 unspecified atom stereocenters. The van der Waals surface area contributed by atoms with E-state index in [0.717, 1.165) is 0 Å². The van der Waals surface area contributed by atoms with Gasteiger partial charge in [-0.15, -0.1) is 0 Å². The Hall–Kier alpha value is -3.60. The molecule has 2 aliphatic rings. The SMILES string of the molecule is CN(C)CCN(C)C(=O)c1ncccc1-c1ccc2c(c1)N(CC(F)(F)F)C(=O)C1=CN=NC12. The molecule has 1 atom stereocenters. The summed E-state index contributed by atoms with van der Waals surface area (Å²) < 4.78 is 40.0. The van der Waals surface area contributed by atoms with Crippen LogP contribution in [0.1, 0.15) is 22.1 Å². The average molecular weight is 472 g/mol. The first-order valence-electron chi connectivity index (χ1n) is 10.5. The van der Waals surface area contributed by atoms with Crippen molar-refractivity contribution >= 4 is 17.5 Å². The summed E-state index contributed by atoms with van der Waals surface area (Å²) in [6, 6.07) is 7.39. The lowest BCUT2D eigenvalue weighted by atomic mass is 9.90. The maximum Gasteiger partial charge on any atom is 0.406 e. The molecule has 0 saturated heterocycles. The van der Waals surface area contributed by atoms with Crippen LogP contribution < -0.4 is 4.90 Å². The highest BCUT2D eigenvalue weighted by Crippen LogP contribution is 2.45. The first-order chi connectivity index (χ1) is 16.1. The van der Waals surface area contributed by atoms with Crippen LogP contribution in [-0.2, 0) is 4.79 Å². The molecule has 2 aliphatic heterocycles. The zero-order valence-electron chi connectivity index (χ0n) is 18.9. The summed E-state index contributed by atoms with van der Waals surface area (Å²) in [5, 5.41) is 7.76. The van der Waals surface area contributed by atoms with Crippen LogP contribution in [0, 0.1) is 0 Å². The number of halogens is 3. The summed E-state index contributed by atoms with van der Waals surface area (Å²) in [4.78, 5) is 34.4. The number of hydrogen-bond acceptors (Lipinski definition) is 6. The van der Waals surface area contributed by atoms with Crippen LogP contribution in [0.4, 0.5) is 18.9 Å². The molecule has 2 aromatic rings. The number of amides is 2. The van der Waals surface area contributed by atoms with Crippen molar-refractivity contribution in [3.63, 3.8) is 0 Å². The molecule has 4 rings (SSSR count). The fraction of sp³-hybridized carbons (Fsp3) is 0.348. The maximum absolute atomic E-state index is 13.3. The minimum absolute atomic E-state index is 0.0889. The normalized spacial score (nSPS) is 17.0. The molecule has 11 heteroatoms. The molecule has 34 heavy (non-hydrogen) atoms. The molecule has 0 saturated carbocycles. The number of pyridine rings is 1. The highest BCUT2D eigenvalue weighted by molar-refractivity contribution is 6.10. The fourth-order valence-electron chi connectivity index (χ4n) is 3.92. The molecule has 0 N–H and O–H groups in total. The number of fused-ring (bicyclic) bond motifs is 3. The summed E-state index contributed by atoms with van der Waals surface area (Å²) in [6.45, 7) is -0.316. The molecule has 3 heterocycles. The lowest BCUT2D eigenvalue weighted by molar-refractivity contribution is -0.130. The number of likely N-dealkylation sites (N-methyl/N-ethyl adjacent to an activating group) is 2. The summed E-state index contributed by atoms with van der Waals surface area (Å²) >= 11 is 0. The second-order valence-corrected chi connectivity index (χ2v) is 8.43. The molecule has 0 aliphatic carbocycles. The van der Waals surface area contributed by atoms with Gasteiger partial charge in [0.15, 0.2) is 0 Å². The molecular formula is C23H23F3N6O2. The number of aromatic nitrogens is 1. The van der Waals surface area contributed by atoms with Gasteiger partial charge in [0.2, 0.25) is 0 Å². The first-order valence-corrected chi connectivity index (χ1v) is 10.5. The monoisotopic (exact) mass is 472 g/mol. The van der Waals surface area contributed by atoms with E-state index in [0.29, 0.717) is 34.7 Å². The maximum atomic E-state index is 13.3. The van der Waals surface area contributed by atoms with Gasteiger partial charge in [-0.2, -0.15) is 23.4 Å². The summed E-state index contributed by atoms with van der Waals surface area (Å²) in [5.41, 5.74) is 1.74. The third kappa shape index (κ3) is 4.56. The van der Waals surface area contributed by atoms with Gasteiger partial charge in [0.05, 0.1) is 17.5 Å². The number of alkyl halides is 3. The van der Waals surface area contributed by atoms with E-state index in [-0.39, 0.29) is 22.9 Å². The lowest BCUT2D eigenvalue weighted by Crippen LogP contribution is -2.43. The molecule has 2 amide bonds.